The van der Waals surface area contributed by atoms with Gasteiger partial charge in [0.05, 0.1) is 18.3 Å². The van der Waals surface area contributed by atoms with E-state index in [9.17, 15) is 9.18 Å². The maximum absolute atomic E-state index is 13.8. The molecular formula is C16H19FN2O3S. The van der Waals surface area contributed by atoms with Crippen LogP contribution in [0.4, 0.5) is 4.39 Å². The number of halogens is 1. The summed E-state index contributed by atoms with van der Waals surface area (Å²) in [6.07, 6.45) is 1.79. The summed E-state index contributed by atoms with van der Waals surface area (Å²) in [5, 5.41) is 12.4. The second kappa shape index (κ2) is 7.63. The first-order chi connectivity index (χ1) is 11.0. The minimum atomic E-state index is -0.678. The van der Waals surface area contributed by atoms with Gasteiger partial charge in [0.25, 0.3) is 5.91 Å². The summed E-state index contributed by atoms with van der Waals surface area (Å²) in [5.74, 6) is -0.698. The summed E-state index contributed by atoms with van der Waals surface area (Å²) in [4.78, 5) is 16.9. The fourth-order valence-corrected chi connectivity index (χ4v) is 3.05. The fraction of sp³-hybridized carbons (Fsp3) is 0.375. The highest BCUT2D eigenvalue weighted by Crippen LogP contribution is 2.27. The second-order valence-electron chi connectivity index (χ2n) is 5.43. The molecule has 1 unspecified atom stereocenters. The van der Waals surface area contributed by atoms with Crippen LogP contribution < -0.4 is 5.32 Å². The molecule has 2 rings (SSSR count). The van der Waals surface area contributed by atoms with Gasteiger partial charge in [-0.05, 0) is 25.5 Å². The number of hydrogen-bond acceptors (Lipinski definition) is 5. The number of benzene rings is 1. The Kier molecular flexibility index (Phi) is 5.81. The van der Waals surface area contributed by atoms with Crippen molar-refractivity contribution >= 4 is 17.2 Å². The largest absolute Gasteiger partial charge is 0.396 e. The zero-order valence-corrected chi connectivity index (χ0v) is 13.8. The number of ether oxygens (including phenoxy) is 1. The molecule has 0 saturated carbocycles. The Labute approximate surface area is 138 Å². The van der Waals surface area contributed by atoms with Gasteiger partial charge in [0.1, 0.15) is 15.7 Å². The van der Waals surface area contributed by atoms with E-state index in [2.05, 4.69) is 10.3 Å². The topological polar surface area (TPSA) is 71.5 Å². The molecular weight excluding hydrogens is 319 g/mol. The lowest BCUT2D eigenvalue weighted by atomic mass is 9.99. The third kappa shape index (κ3) is 4.34. The monoisotopic (exact) mass is 338 g/mol. The smallest absolute Gasteiger partial charge is 0.263 e. The molecule has 1 aromatic heterocycles. The van der Waals surface area contributed by atoms with Crippen molar-refractivity contribution in [2.45, 2.75) is 18.9 Å². The van der Waals surface area contributed by atoms with Crippen molar-refractivity contribution in [1.82, 2.24) is 10.3 Å². The van der Waals surface area contributed by atoms with Crippen LogP contribution in [0.25, 0.3) is 10.6 Å². The van der Waals surface area contributed by atoms with E-state index in [-0.39, 0.29) is 24.9 Å². The number of carbonyl (C=O) groups excluding carboxylic acids is 1. The zero-order chi connectivity index (χ0) is 16.9. The van der Waals surface area contributed by atoms with Gasteiger partial charge in [-0.3, -0.25) is 4.79 Å². The fourth-order valence-electron chi connectivity index (χ4n) is 2.21. The number of carbonyl (C=O) groups is 1. The lowest BCUT2D eigenvalue weighted by Gasteiger charge is -2.29. The molecule has 1 atom stereocenters. The van der Waals surface area contributed by atoms with Crippen molar-refractivity contribution in [3.63, 3.8) is 0 Å². The minimum Gasteiger partial charge on any atom is -0.396 e. The molecule has 0 spiro atoms. The van der Waals surface area contributed by atoms with Crippen molar-refractivity contribution in [3.8, 4) is 10.6 Å². The molecule has 0 aliphatic rings. The van der Waals surface area contributed by atoms with Crippen molar-refractivity contribution < 1.29 is 19.0 Å². The molecule has 0 bridgehead atoms. The van der Waals surface area contributed by atoms with Crippen molar-refractivity contribution in [3.05, 3.63) is 41.2 Å². The van der Waals surface area contributed by atoms with Gasteiger partial charge in [0.2, 0.25) is 0 Å². The highest BCUT2D eigenvalue weighted by molar-refractivity contribution is 7.16. The number of aliphatic hydroxyl groups is 1. The van der Waals surface area contributed by atoms with E-state index in [1.54, 1.807) is 25.1 Å². The van der Waals surface area contributed by atoms with Crippen LogP contribution in [0.15, 0.2) is 30.5 Å². The molecule has 0 fully saturated rings. The number of aromatic nitrogens is 1. The third-order valence-corrected chi connectivity index (χ3v) is 4.40. The Morgan fingerprint density at radius 3 is 2.87 bits per heavy atom. The molecule has 124 valence electrons. The normalized spacial score (nSPS) is 13.6. The Hall–Kier alpha value is -1.83. The van der Waals surface area contributed by atoms with Crippen molar-refractivity contribution in [1.29, 1.82) is 0 Å². The molecule has 1 amide bonds. The maximum Gasteiger partial charge on any atom is 0.263 e. The van der Waals surface area contributed by atoms with E-state index in [4.69, 9.17) is 9.84 Å². The Morgan fingerprint density at radius 1 is 1.48 bits per heavy atom. The lowest BCUT2D eigenvalue weighted by Crippen LogP contribution is -2.49. The van der Waals surface area contributed by atoms with E-state index in [0.717, 1.165) is 11.3 Å². The quantitative estimate of drug-likeness (QED) is 0.813. The van der Waals surface area contributed by atoms with E-state index in [0.29, 0.717) is 21.9 Å². The molecule has 5 nitrogen and oxygen atoms in total. The SMILES string of the molecule is COCC(C)(CCO)NC(=O)c1cnc(-c2ccccc2F)s1. The Balaban J connectivity index is 2.17. The highest BCUT2D eigenvalue weighted by atomic mass is 32.1. The summed E-state index contributed by atoms with van der Waals surface area (Å²) in [6, 6.07) is 6.30. The van der Waals surface area contributed by atoms with Gasteiger partial charge in [-0.2, -0.15) is 0 Å². The van der Waals surface area contributed by atoms with Crippen LogP contribution in [0.2, 0.25) is 0 Å². The van der Waals surface area contributed by atoms with Crippen LogP contribution in [0.5, 0.6) is 0 Å². The number of nitrogens with zero attached hydrogens (tertiary/aromatic N) is 1. The van der Waals surface area contributed by atoms with Crippen LogP contribution in [-0.4, -0.2) is 41.9 Å². The minimum absolute atomic E-state index is 0.0662. The standard InChI is InChI=1S/C16H19FN2O3S/c1-16(7-8-20,10-22-2)19-14(21)13-9-18-15(23-13)11-5-3-4-6-12(11)17/h3-6,9,20H,7-8,10H2,1-2H3,(H,19,21). The molecule has 1 heterocycles. The molecule has 0 aliphatic carbocycles. The zero-order valence-electron chi connectivity index (χ0n) is 13.0. The summed E-state index contributed by atoms with van der Waals surface area (Å²) in [7, 11) is 1.53. The second-order valence-corrected chi connectivity index (χ2v) is 6.46. The molecule has 2 N–H and O–H groups in total. The molecule has 23 heavy (non-hydrogen) atoms. The van der Waals surface area contributed by atoms with Gasteiger partial charge in [-0.25, -0.2) is 9.37 Å². The predicted octanol–water partition coefficient (Wildman–Crippen LogP) is 2.47. The van der Waals surface area contributed by atoms with E-state index >= 15 is 0 Å². The van der Waals surface area contributed by atoms with Crippen molar-refractivity contribution in [2.75, 3.05) is 20.3 Å². The molecule has 0 saturated heterocycles. The number of nitrogens with one attached hydrogen (secondary N) is 1. The van der Waals surface area contributed by atoms with Crippen LogP contribution in [0.3, 0.4) is 0 Å². The first-order valence-corrected chi connectivity index (χ1v) is 7.94. The van der Waals surface area contributed by atoms with Crippen molar-refractivity contribution in [2.24, 2.45) is 0 Å². The Bertz CT molecular complexity index is 669. The summed E-state index contributed by atoms with van der Waals surface area (Å²) in [5.41, 5.74) is -0.311. The maximum atomic E-state index is 13.8. The number of hydrogen-bond donors (Lipinski definition) is 2. The summed E-state index contributed by atoms with van der Waals surface area (Å²) in [6.45, 7) is 2.00. The molecule has 7 heteroatoms. The molecule has 0 aliphatic heterocycles. The molecule has 0 radical (unpaired) electrons. The lowest BCUT2D eigenvalue weighted by molar-refractivity contribution is 0.0729. The molecule has 2 aromatic rings. The number of amides is 1. The van der Waals surface area contributed by atoms with Crippen LogP contribution in [-0.2, 0) is 4.74 Å². The average Bonchev–Trinajstić information content (AvgIpc) is 2.97. The van der Waals surface area contributed by atoms with E-state index in [1.165, 1.54) is 19.4 Å². The van der Waals surface area contributed by atoms with E-state index < -0.39 is 5.54 Å². The highest BCUT2D eigenvalue weighted by Gasteiger charge is 2.27. The van der Waals surface area contributed by atoms with Gasteiger partial charge in [0, 0.05) is 19.3 Å². The first kappa shape index (κ1) is 17.5. The average molecular weight is 338 g/mol. The van der Waals surface area contributed by atoms with Gasteiger partial charge in [-0.1, -0.05) is 12.1 Å². The van der Waals surface area contributed by atoms with E-state index in [1.807, 2.05) is 0 Å². The predicted molar refractivity (Wildman–Crippen MR) is 87.0 cm³/mol. The number of rotatable bonds is 7. The summed E-state index contributed by atoms with van der Waals surface area (Å²) < 4.78 is 18.9. The van der Waals surface area contributed by atoms with Crippen LogP contribution in [0.1, 0.15) is 23.0 Å². The van der Waals surface area contributed by atoms with Crippen LogP contribution in [0, 0.1) is 5.82 Å². The third-order valence-electron chi connectivity index (χ3n) is 3.38. The number of methoxy groups -OCH3 is 1. The van der Waals surface area contributed by atoms with Gasteiger partial charge in [0.15, 0.2) is 0 Å². The van der Waals surface area contributed by atoms with Gasteiger partial charge >= 0.3 is 0 Å². The molecule has 1 aromatic carbocycles. The summed E-state index contributed by atoms with van der Waals surface area (Å²) >= 11 is 1.12. The van der Waals surface area contributed by atoms with Crippen LogP contribution >= 0.6 is 11.3 Å². The van der Waals surface area contributed by atoms with Gasteiger partial charge in [-0.15, -0.1) is 11.3 Å². The first-order valence-electron chi connectivity index (χ1n) is 7.12. The Morgan fingerprint density at radius 2 is 2.22 bits per heavy atom. The van der Waals surface area contributed by atoms with Gasteiger partial charge < -0.3 is 15.2 Å². The number of thiazole rings is 1. The number of aliphatic hydroxyl groups excluding tert-OH is 1.